The third kappa shape index (κ3) is 2.19. The number of rotatable bonds is 1. The first-order valence-electron chi connectivity index (χ1n) is 7.79. The summed E-state index contributed by atoms with van der Waals surface area (Å²) >= 11 is 0. The molecule has 2 aliphatic heterocycles. The van der Waals surface area contributed by atoms with E-state index in [4.69, 9.17) is 0 Å². The highest BCUT2D eigenvalue weighted by Crippen LogP contribution is 2.56. The normalized spacial score (nSPS) is 44.0. The molecule has 0 aromatic carbocycles. The van der Waals surface area contributed by atoms with Gasteiger partial charge in [0, 0.05) is 31.0 Å². The Kier molecular flexibility index (Phi) is 3.55. The molecule has 1 spiro atoms. The van der Waals surface area contributed by atoms with Crippen molar-refractivity contribution in [3.63, 3.8) is 0 Å². The van der Waals surface area contributed by atoms with Crippen LogP contribution in [0, 0.1) is 23.2 Å². The summed E-state index contributed by atoms with van der Waals surface area (Å²) in [7, 11) is 0. The van der Waals surface area contributed by atoms with E-state index in [2.05, 4.69) is 10.2 Å². The van der Waals surface area contributed by atoms with E-state index in [1.54, 1.807) is 0 Å². The Morgan fingerprint density at radius 3 is 2.53 bits per heavy atom. The maximum atomic E-state index is 12.6. The van der Waals surface area contributed by atoms with Crippen LogP contribution in [0.1, 0.15) is 38.5 Å². The molecule has 2 heterocycles. The minimum absolute atomic E-state index is 0. The van der Waals surface area contributed by atoms with Gasteiger partial charge in [-0.2, -0.15) is 0 Å². The molecule has 0 aromatic heterocycles. The third-order valence-corrected chi connectivity index (χ3v) is 6.02. The van der Waals surface area contributed by atoms with Crippen LogP contribution in [0.3, 0.4) is 0 Å². The number of nitrogens with one attached hydrogen (secondary N) is 1. The second-order valence-electron chi connectivity index (χ2n) is 7.07. The number of amides is 1. The molecular formula is C15H25ClN2O. The number of hydrogen-bond donors (Lipinski definition) is 1. The van der Waals surface area contributed by atoms with Crippen LogP contribution in [-0.4, -0.2) is 37.0 Å². The van der Waals surface area contributed by atoms with Crippen molar-refractivity contribution >= 4 is 18.3 Å². The molecule has 3 atom stereocenters. The molecule has 2 aliphatic carbocycles. The summed E-state index contributed by atoms with van der Waals surface area (Å²) in [6.07, 6.45) is 7.86. The molecule has 108 valence electrons. The molecule has 3 nitrogen and oxygen atoms in total. The predicted octanol–water partition coefficient (Wildman–Crippen LogP) is 2.06. The van der Waals surface area contributed by atoms with Crippen molar-refractivity contribution in [2.24, 2.45) is 23.2 Å². The predicted molar refractivity (Wildman–Crippen MR) is 77.3 cm³/mol. The molecule has 4 rings (SSSR count). The molecule has 4 aliphatic rings. The number of nitrogens with zero attached hydrogens (tertiary/aromatic N) is 1. The molecular weight excluding hydrogens is 260 g/mol. The lowest BCUT2D eigenvalue weighted by atomic mass is 9.86. The average molecular weight is 285 g/mol. The maximum Gasteiger partial charge on any atom is 0.226 e. The fraction of sp³-hybridized carbons (Fsp3) is 0.933. The number of carbonyl (C=O) groups is 1. The van der Waals surface area contributed by atoms with Gasteiger partial charge in [0.2, 0.25) is 5.91 Å². The van der Waals surface area contributed by atoms with Crippen molar-refractivity contribution in [3.8, 4) is 0 Å². The molecule has 0 radical (unpaired) electrons. The van der Waals surface area contributed by atoms with Gasteiger partial charge in [-0.1, -0.05) is 12.8 Å². The molecule has 2 saturated carbocycles. The minimum atomic E-state index is 0. The first kappa shape index (κ1) is 13.7. The molecule has 0 bridgehead atoms. The summed E-state index contributed by atoms with van der Waals surface area (Å²) < 4.78 is 0. The van der Waals surface area contributed by atoms with Crippen molar-refractivity contribution < 1.29 is 4.79 Å². The molecule has 4 heteroatoms. The van der Waals surface area contributed by atoms with E-state index in [9.17, 15) is 4.79 Å². The summed E-state index contributed by atoms with van der Waals surface area (Å²) in [5, 5.41) is 3.47. The molecule has 2 saturated heterocycles. The van der Waals surface area contributed by atoms with Gasteiger partial charge >= 0.3 is 0 Å². The van der Waals surface area contributed by atoms with E-state index in [-0.39, 0.29) is 12.4 Å². The molecule has 0 aromatic rings. The zero-order chi connectivity index (χ0) is 12.2. The van der Waals surface area contributed by atoms with Crippen LogP contribution in [0.15, 0.2) is 0 Å². The van der Waals surface area contributed by atoms with Crippen LogP contribution >= 0.6 is 12.4 Å². The van der Waals surface area contributed by atoms with Gasteiger partial charge in [-0.15, -0.1) is 12.4 Å². The van der Waals surface area contributed by atoms with Gasteiger partial charge in [0.25, 0.3) is 0 Å². The van der Waals surface area contributed by atoms with Crippen molar-refractivity contribution in [1.82, 2.24) is 10.2 Å². The number of hydrogen-bond acceptors (Lipinski definition) is 2. The summed E-state index contributed by atoms with van der Waals surface area (Å²) in [5.41, 5.74) is 0.440. The van der Waals surface area contributed by atoms with Gasteiger partial charge in [0.15, 0.2) is 0 Å². The largest absolute Gasteiger partial charge is 0.342 e. The number of likely N-dealkylation sites (tertiary alicyclic amines) is 1. The van der Waals surface area contributed by atoms with Crippen LogP contribution in [0.2, 0.25) is 0 Å². The zero-order valence-electron chi connectivity index (χ0n) is 11.6. The smallest absolute Gasteiger partial charge is 0.226 e. The van der Waals surface area contributed by atoms with Crippen LogP contribution < -0.4 is 5.32 Å². The SMILES string of the molecule is Cl.O=C(C1C2CCCCC21)N1CCC2(CCNC2)C1. The second kappa shape index (κ2) is 4.92. The summed E-state index contributed by atoms with van der Waals surface area (Å²) in [5.74, 6) is 2.47. The highest BCUT2D eigenvalue weighted by molar-refractivity contribution is 5.85. The molecule has 19 heavy (non-hydrogen) atoms. The standard InChI is InChI=1S/C15H24N2O.ClH/c18-14(13-11-3-1-2-4-12(11)13)17-8-6-15(10-17)5-7-16-9-15;/h11-13,16H,1-10H2;1H. The first-order valence-corrected chi connectivity index (χ1v) is 7.79. The molecule has 3 unspecified atom stereocenters. The molecule has 4 fully saturated rings. The Morgan fingerprint density at radius 1 is 1.16 bits per heavy atom. The third-order valence-electron chi connectivity index (χ3n) is 6.02. The summed E-state index contributed by atoms with van der Waals surface area (Å²) in [6, 6.07) is 0. The minimum Gasteiger partial charge on any atom is -0.342 e. The zero-order valence-corrected chi connectivity index (χ0v) is 12.4. The van der Waals surface area contributed by atoms with E-state index < -0.39 is 0 Å². The lowest BCUT2D eigenvalue weighted by Crippen LogP contribution is -2.34. The maximum absolute atomic E-state index is 12.6. The van der Waals surface area contributed by atoms with E-state index in [1.165, 1.54) is 38.5 Å². The summed E-state index contributed by atoms with van der Waals surface area (Å²) in [4.78, 5) is 14.8. The first-order chi connectivity index (χ1) is 8.79. The number of halogens is 1. The van der Waals surface area contributed by atoms with Crippen LogP contribution in [0.4, 0.5) is 0 Å². The Morgan fingerprint density at radius 2 is 1.89 bits per heavy atom. The Labute approximate surface area is 121 Å². The van der Waals surface area contributed by atoms with Gasteiger partial charge in [0.1, 0.15) is 0 Å². The van der Waals surface area contributed by atoms with Gasteiger partial charge in [-0.25, -0.2) is 0 Å². The van der Waals surface area contributed by atoms with Crippen LogP contribution in [0.25, 0.3) is 0 Å². The van der Waals surface area contributed by atoms with Gasteiger partial charge in [-0.3, -0.25) is 4.79 Å². The lowest BCUT2D eigenvalue weighted by molar-refractivity contribution is -0.132. The highest BCUT2D eigenvalue weighted by atomic mass is 35.5. The van der Waals surface area contributed by atoms with Gasteiger partial charge < -0.3 is 10.2 Å². The van der Waals surface area contributed by atoms with Gasteiger partial charge in [-0.05, 0) is 44.1 Å². The average Bonchev–Trinajstić information content (AvgIpc) is 2.74. The number of carbonyl (C=O) groups excluding carboxylic acids is 1. The Hall–Kier alpha value is -0.280. The van der Waals surface area contributed by atoms with Crippen molar-refractivity contribution in [3.05, 3.63) is 0 Å². The quantitative estimate of drug-likeness (QED) is 0.799. The lowest BCUT2D eigenvalue weighted by Gasteiger charge is -2.23. The van der Waals surface area contributed by atoms with E-state index >= 15 is 0 Å². The fourth-order valence-electron chi connectivity index (χ4n) is 4.84. The van der Waals surface area contributed by atoms with E-state index in [0.29, 0.717) is 17.2 Å². The van der Waals surface area contributed by atoms with Crippen molar-refractivity contribution in [2.45, 2.75) is 38.5 Å². The topological polar surface area (TPSA) is 32.3 Å². The monoisotopic (exact) mass is 284 g/mol. The Balaban J connectivity index is 0.00000110. The second-order valence-corrected chi connectivity index (χ2v) is 7.07. The highest BCUT2D eigenvalue weighted by Gasteiger charge is 2.57. The molecule has 1 N–H and O–H groups in total. The fourth-order valence-corrected chi connectivity index (χ4v) is 4.84. The van der Waals surface area contributed by atoms with Crippen LogP contribution in [0.5, 0.6) is 0 Å². The Bertz CT molecular complexity index is 355. The van der Waals surface area contributed by atoms with Gasteiger partial charge in [0.05, 0.1) is 0 Å². The number of fused-ring (bicyclic) bond motifs is 1. The molecule has 1 amide bonds. The van der Waals surface area contributed by atoms with E-state index in [1.807, 2.05) is 0 Å². The van der Waals surface area contributed by atoms with Crippen molar-refractivity contribution in [1.29, 1.82) is 0 Å². The van der Waals surface area contributed by atoms with E-state index in [0.717, 1.165) is 38.0 Å². The summed E-state index contributed by atoms with van der Waals surface area (Å²) in [6.45, 7) is 4.34. The van der Waals surface area contributed by atoms with Crippen LogP contribution in [-0.2, 0) is 4.79 Å². The van der Waals surface area contributed by atoms with Crippen molar-refractivity contribution in [2.75, 3.05) is 26.2 Å².